The second-order valence-corrected chi connectivity index (χ2v) is 3.14. The second-order valence-electron chi connectivity index (χ2n) is 3.14. The van der Waals surface area contributed by atoms with Crippen LogP contribution in [0.25, 0.3) is 10.9 Å². The Hall–Kier alpha value is -2.14. The fraction of sp³-hybridized carbons (Fsp3) is 0. The number of oxime groups is 1. The molecule has 17 heavy (non-hydrogen) atoms. The third kappa shape index (κ3) is 3.15. The molecule has 0 unspecified atom stereocenters. The molecule has 0 bridgehead atoms. The molecule has 0 saturated carbocycles. The highest BCUT2D eigenvalue weighted by Crippen LogP contribution is 2.16. The Morgan fingerprint density at radius 1 is 1.41 bits per heavy atom. The maximum Gasteiger partial charge on any atom is 0.270 e. The molecule has 1 amide bonds. The van der Waals surface area contributed by atoms with E-state index in [1.807, 2.05) is 12.1 Å². The van der Waals surface area contributed by atoms with Crippen LogP contribution in [0.3, 0.4) is 0 Å². The van der Waals surface area contributed by atoms with E-state index < -0.39 is 5.91 Å². The van der Waals surface area contributed by atoms with Crippen molar-refractivity contribution in [2.75, 3.05) is 5.32 Å². The Morgan fingerprint density at radius 3 is 3.00 bits per heavy atom. The first-order chi connectivity index (χ1) is 7.79. The average molecular weight is 252 g/mol. The summed E-state index contributed by atoms with van der Waals surface area (Å²) >= 11 is 0. The number of anilines is 1. The van der Waals surface area contributed by atoms with Crippen LogP contribution in [0.2, 0.25) is 0 Å². The van der Waals surface area contributed by atoms with E-state index in [1.54, 1.807) is 24.4 Å². The number of hydrogen-bond acceptors (Lipinski definition) is 4. The van der Waals surface area contributed by atoms with Crippen molar-refractivity contribution >= 4 is 41.1 Å². The molecule has 0 saturated heterocycles. The van der Waals surface area contributed by atoms with Gasteiger partial charge in [0.25, 0.3) is 5.91 Å². The minimum atomic E-state index is -0.481. The molecule has 2 aromatic rings. The molecule has 0 fully saturated rings. The van der Waals surface area contributed by atoms with Gasteiger partial charge in [0, 0.05) is 17.3 Å². The zero-order valence-electron chi connectivity index (χ0n) is 8.70. The molecule has 0 aliphatic carbocycles. The van der Waals surface area contributed by atoms with E-state index in [0.29, 0.717) is 5.69 Å². The zero-order chi connectivity index (χ0) is 11.4. The highest BCUT2D eigenvalue weighted by atomic mass is 35.5. The first-order valence-corrected chi connectivity index (χ1v) is 4.63. The van der Waals surface area contributed by atoms with E-state index in [4.69, 9.17) is 5.21 Å². The van der Waals surface area contributed by atoms with Gasteiger partial charge in [0.1, 0.15) is 6.21 Å². The number of hydrogen-bond donors (Lipinski definition) is 2. The summed E-state index contributed by atoms with van der Waals surface area (Å²) in [5, 5.41) is 14.3. The van der Waals surface area contributed by atoms with Gasteiger partial charge >= 0.3 is 0 Å². The van der Waals surface area contributed by atoms with Gasteiger partial charge in [-0.3, -0.25) is 9.78 Å². The van der Waals surface area contributed by atoms with Gasteiger partial charge in [0.2, 0.25) is 0 Å². The number of nitrogens with one attached hydrogen (secondary N) is 1. The molecule has 1 aromatic heterocycles. The summed E-state index contributed by atoms with van der Waals surface area (Å²) in [6, 6.07) is 9.06. The lowest BCUT2D eigenvalue weighted by Crippen LogP contribution is -2.12. The SMILES string of the molecule is Cl.O=C(C=NO)Nc1ccc2ncccc2c1. The lowest BCUT2D eigenvalue weighted by molar-refractivity contribution is -0.110. The van der Waals surface area contributed by atoms with E-state index in [2.05, 4.69) is 15.5 Å². The first-order valence-electron chi connectivity index (χ1n) is 4.63. The van der Waals surface area contributed by atoms with Gasteiger partial charge in [0.15, 0.2) is 0 Å². The van der Waals surface area contributed by atoms with Crippen LogP contribution < -0.4 is 5.32 Å². The maximum absolute atomic E-state index is 11.1. The molecule has 0 atom stereocenters. The van der Waals surface area contributed by atoms with Crippen LogP contribution in [0.15, 0.2) is 41.7 Å². The van der Waals surface area contributed by atoms with Gasteiger partial charge in [-0.1, -0.05) is 11.2 Å². The van der Waals surface area contributed by atoms with Gasteiger partial charge < -0.3 is 10.5 Å². The van der Waals surface area contributed by atoms with Crippen molar-refractivity contribution < 1.29 is 10.0 Å². The summed E-state index contributed by atoms with van der Waals surface area (Å²) in [5.41, 5.74) is 1.49. The number of aromatic nitrogens is 1. The summed E-state index contributed by atoms with van der Waals surface area (Å²) in [4.78, 5) is 15.3. The number of halogens is 1. The van der Waals surface area contributed by atoms with E-state index in [0.717, 1.165) is 17.1 Å². The molecule has 88 valence electrons. The van der Waals surface area contributed by atoms with E-state index in [1.165, 1.54) is 0 Å². The molecule has 0 radical (unpaired) electrons. The molecule has 0 aliphatic heterocycles. The van der Waals surface area contributed by atoms with E-state index in [9.17, 15) is 4.79 Å². The Kier molecular flexibility index (Phi) is 4.42. The summed E-state index contributed by atoms with van der Waals surface area (Å²) < 4.78 is 0. The lowest BCUT2D eigenvalue weighted by Gasteiger charge is -2.02. The predicted octanol–water partition coefficient (Wildman–Crippen LogP) is 2.06. The fourth-order valence-corrected chi connectivity index (χ4v) is 1.38. The van der Waals surface area contributed by atoms with Crippen LogP contribution in [-0.4, -0.2) is 22.3 Å². The first kappa shape index (κ1) is 12.9. The maximum atomic E-state index is 11.1. The zero-order valence-corrected chi connectivity index (χ0v) is 9.52. The molecule has 1 heterocycles. The Morgan fingerprint density at radius 2 is 2.24 bits per heavy atom. The normalized spacial score (nSPS) is 10.1. The summed E-state index contributed by atoms with van der Waals surface area (Å²) in [5.74, 6) is -0.481. The highest BCUT2D eigenvalue weighted by molar-refractivity contribution is 6.31. The minimum Gasteiger partial charge on any atom is -0.411 e. The summed E-state index contributed by atoms with van der Waals surface area (Å²) in [6.45, 7) is 0. The fourth-order valence-electron chi connectivity index (χ4n) is 1.38. The number of pyridine rings is 1. The second kappa shape index (κ2) is 5.81. The largest absolute Gasteiger partial charge is 0.411 e. The van der Waals surface area contributed by atoms with Crippen LogP contribution in [0, 0.1) is 0 Å². The lowest BCUT2D eigenvalue weighted by atomic mass is 10.2. The predicted molar refractivity (Wildman–Crippen MR) is 67.9 cm³/mol. The van der Waals surface area contributed by atoms with Crippen molar-refractivity contribution in [2.45, 2.75) is 0 Å². The third-order valence-electron chi connectivity index (χ3n) is 2.05. The number of carbonyl (C=O) groups excluding carboxylic acids is 1. The van der Waals surface area contributed by atoms with Crippen molar-refractivity contribution in [1.29, 1.82) is 0 Å². The Balaban J connectivity index is 0.00000144. The van der Waals surface area contributed by atoms with Crippen molar-refractivity contribution in [1.82, 2.24) is 4.98 Å². The molecule has 1 aromatic carbocycles. The van der Waals surface area contributed by atoms with E-state index in [-0.39, 0.29) is 12.4 Å². The third-order valence-corrected chi connectivity index (χ3v) is 2.05. The Labute approximate surface area is 104 Å². The molecular weight excluding hydrogens is 242 g/mol. The minimum absolute atomic E-state index is 0. The molecule has 0 aliphatic rings. The molecule has 5 nitrogen and oxygen atoms in total. The van der Waals surface area contributed by atoms with Crippen LogP contribution in [0.1, 0.15) is 0 Å². The van der Waals surface area contributed by atoms with Gasteiger partial charge in [-0.15, -0.1) is 12.4 Å². The van der Waals surface area contributed by atoms with Gasteiger partial charge in [-0.2, -0.15) is 0 Å². The molecule has 2 N–H and O–H groups in total. The van der Waals surface area contributed by atoms with Gasteiger partial charge in [-0.25, -0.2) is 0 Å². The molecule has 2 rings (SSSR count). The van der Waals surface area contributed by atoms with Crippen molar-refractivity contribution in [3.05, 3.63) is 36.5 Å². The highest BCUT2D eigenvalue weighted by Gasteiger charge is 2.00. The molecule has 0 spiro atoms. The van der Waals surface area contributed by atoms with Crippen molar-refractivity contribution in [3.63, 3.8) is 0 Å². The van der Waals surface area contributed by atoms with Crippen LogP contribution in [0.5, 0.6) is 0 Å². The smallest absolute Gasteiger partial charge is 0.270 e. The van der Waals surface area contributed by atoms with E-state index >= 15 is 0 Å². The molecular formula is C11H10ClN3O2. The van der Waals surface area contributed by atoms with Crippen LogP contribution in [0.4, 0.5) is 5.69 Å². The Bertz CT molecular complexity index is 557. The van der Waals surface area contributed by atoms with Crippen LogP contribution >= 0.6 is 12.4 Å². The number of carbonyl (C=O) groups is 1. The number of nitrogens with zero attached hydrogens (tertiary/aromatic N) is 2. The van der Waals surface area contributed by atoms with Crippen molar-refractivity contribution in [3.8, 4) is 0 Å². The van der Waals surface area contributed by atoms with Gasteiger partial charge in [-0.05, 0) is 24.3 Å². The molecule has 6 heteroatoms. The number of rotatable bonds is 2. The summed E-state index contributed by atoms with van der Waals surface area (Å²) in [6.07, 6.45) is 2.51. The van der Waals surface area contributed by atoms with Gasteiger partial charge in [0.05, 0.1) is 5.52 Å². The number of amides is 1. The number of fused-ring (bicyclic) bond motifs is 1. The standard InChI is InChI=1S/C11H9N3O2.ClH/c15-11(7-13-16)14-9-3-4-10-8(6-9)2-1-5-12-10;/h1-7,16H,(H,14,15);1H. The monoisotopic (exact) mass is 251 g/mol. The van der Waals surface area contributed by atoms with Crippen LogP contribution in [-0.2, 0) is 4.79 Å². The quantitative estimate of drug-likeness (QED) is 0.487. The summed E-state index contributed by atoms with van der Waals surface area (Å²) in [7, 11) is 0. The topological polar surface area (TPSA) is 74.6 Å². The average Bonchev–Trinajstić information content (AvgIpc) is 2.29. The van der Waals surface area contributed by atoms with Crippen molar-refractivity contribution in [2.24, 2.45) is 5.16 Å². The number of benzene rings is 1.